The third-order valence-corrected chi connectivity index (χ3v) is 15.0. The molecule has 10 aromatic carbocycles. The van der Waals surface area contributed by atoms with Crippen molar-refractivity contribution in [3.05, 3.63) is 300 Å². The zero-order valence-corrected chi connectivity index (χ0v) is 41.8. The normalized spacial score (nSPS) is 11.8. The Morgan fingerprint density at radius 1 is 0.360 bits per heavy atom. The van der Waals surface area contributed by atoms with E-state index in [1.165, 1.54) is 38.8 Å². The molecule has 354 valence electrons. The summed E-state index contributed by atoms with van der Waals surface area (Å²) >= 11 is 0. The van der Waals surface area contributed by atoms with Crippen molar-refractivity contribution in [2.45, 2.75) is 19.3 Å². The van der Waals surface area contributed by atoms with E-state index in [1.807, 2.05) is 6.07 Å². The first-order valence-electron chi connectivity index (χ1n) is 25.8. The smallest absolute Gasteiger partial charge is 0.0972 e. The fourth-order valence-corrected chi connectivity index (χ4v) is 11.4. The second-order valence-electron chi connectivity index (χ2n) is 19.5. The summed E-state index contributed by atoms with van der Waals surface area (Å²) < 4.78 is 0. The van der Waals surface area contributed by atoms with E-state index in [9.17, 15) is 0 Å². The van der Waals surface area contributed by atoms with Crippen molar-refractivity contribution in [3.8, 4) is 56.0 Å². The fourth-order valence-electron chi connectivity index (χ4n) is 11.4. The monoisotopic (exact) mass is 957 g/mol. The zero-order valence-electron chi connectivity index (χ0n) is 41.8. The second-order valence-corrected chi connectivity index (χ2v) is 19.5. The largest absolute Gasteiger partial charge is 0.247 e. The van der Waals surface area contributed by atoms with Gasteiger partial charge >= 0.3 is 0 Å². The van der Waals surface area contributed by atoms with Crippen molar-refractivity contribution >= 4 is 49.6 Å². The van der Waals surface area contributed by atoms with Gasteiger partial charge in [-0.25, -0.2) is 15.0 Å². The van der Waals surface area contributed by atoms with Crippen LogP contribution in [0.2, 0.25) is 0 Å². The van der Waals surface area contributed by atoms with Crippen molar-refractivity contribution in [2.75, 3.05) is 0 Å². The Bertz CT molecular complexity index is 4250. The lowest BCUT2D eigenvalue weighted by molar-refractivity contribution is 0.740. The lowest BCUT2D eigenvalue weighted by Crippen LogP contribution is -2.31. The molecule has 0 saturated carbocycles. The van der Waals surface area contributed by atoms with Crippen LogP contribution in [-0.4, -0.2) is 15.0 Å². The van der Waals surface area contributed by atoms with Crippen molar-refractivity contribution < 1.29 is 0 Å². The van der Waals surface area contributed by atoms with Gasteiger partial charge in [-0.15, -0.1) is 0 Å². The number of rotatable bonds is 10. The van der Waals surface area contributed by atoms with Crippen LogP contribution in [0.4, 0.5) is 0 Å². The van der Waals surface area contributed by atoms with E-state index in [0.717, 1.165) is 94.1 Å². The van der Waals surface area contributed by atoms with Crippen LogP contribution in [-0.2, 0) is 5.41 Å². The lowest BCUT2D eigenvalue weighted by atomic mass is 9.64. The van der Waals surface area contributed by atoms with Crippen LogP contribution in [0, 0.1) is 6.92 Å². The number of hydrogen-bond donors (Lipinski definition) is 0. The van der Waals surface area contributed by atoms with Crippen LogP contribution < -0.4 is 0 Å². The van der Waals surface area contributed by atoms with E-state index in [2.05, 4.69) is 281 Å². The first-order chi connectivity index (χ1) is 37.0. The quantitative estimate of drug-likeness (QED) is 0.101. The number of para-hydroxylation sites is 1. The number of fused-ring (bicyclic) bond motifs is 6. The molecule has 13 aromatic rings. The van der Waals surface area contributed by atoms with E-state index in [1.54, 1.807) is 0 Å². The van der Waals surface area contributed by atoms with Gasteiger partial charge in [0.05, 0.1) is 39.0 Å². The van der Waals surface area contributed by atoms with Crippen molar-refractivity contribution in [1.82, 2.24) is 15.0 Å². The molecule has 0 radical (unpaired) electrons. The Morgan fingerprint density at radius 2 is 0.907 bits per heavy atom. The number of aryl methyl sites for hydroxylation is 1. The molecule has 0 atom stereocenters. The second kappa shape index (κ2) is 19.1. The van der Waals surface area contributed by atoms with Gasteiger partial charge in [-0.2, -0.15) is 0 Å². The first kappa shape index (κ1) is 45.3. The molecule has 0 N–H and O–H groups in total. The van der Waals surface area contributed by atoms with Gasteiger partial charge < -0.3 is 0 Å². The molecule has 0 amide bonds. The minimum Gasteiger partial charge on any atom is -0.247 e. The first-order valence-corrected chi connectivity index (χ1v) is 25.8. The predicted molar refractivity (Wildman–Crippen MR) is 315 cm³/mol. The van der Waals surface area contributed by atoms with Crippen LogP contribution in [0.3, 0.4) is 0 Å². The van der Waals surface area contributed by atoms with Crippen LogP contribution in [0.1, 0.15) is 40.3 Å². The van der Waals surface area contributed by atoms with Crippen LogP contribution in [0.5, 0.6) is 0 Å². The highest BCUT2D eigenvalue weighted by Crippen LogP contribution is 2.48. The molecule has 75 heavy (non-hydrogen) atoms. The van der Waals surface area contributed by atoms with E-state index >= 15 is 0 Å². The maximum absolute atomic E-state index is 5.44. The highest BCUT2D eigenvalue weighted by molar-refractivity contribution is 6.11. The fraction of sp³-hybridized carbons (Fsp3) is 0.0417. The summed E-state index contributed by atoms with van der Waals surface area (Å²) in [5.41, 5.74) is 20.1. The number of allylic oxidation sites excluding steroid dienone is 1. The molecule has 0 aliphatic heterocycles. The van der Waals surface area contributed by atoms with Crippen LogP contribution >= 0.6 is 0 Å². The van der Waals surface area contributed by atoms with Gasteiger partial charge in [0.15, 0.2) is 0 Å². The molecule has 0 aliphatic carbocycles. The maximum Gasteiger partial charge on any atom is 0.0972 e. The Balaban J connectivity index is 0.872. The highest BCUT2D eigenvalue weighted by atomic mass is 14.8. The van der Waals surface area contributed by atoms with Gasteiger partial charge in [0.25, 0.3) is 0 Å². The number of nitrogens with zero attached hydrogens (tertiary/aromatic N) is 3. The van der Waals surface area contributed by atoms with Gasteiger partial charge in [-0.05, 0) is 111 Å². The lowest BCUT2D eigenvalue weighted by Gasteiger charge is -2.38. The molecule has 3 heterocycles. The SMILES string of the molecule is C/C=C\c1cc(-c2cccc(-c3nc4ccccc4c4cc(C(c5ccccc5)(c5ccccc5)c5ccccc5C)ccc34)c2)ccc1-c1ccc(-c2ccc3ccc4ccc(-c5ccccc5)nc4c3n2)cc1. The van der Waals surface area contributed by atoms with Crippen molar-refractivity contribution in [3.63, 3.8) is 0 Å². The molecular weight excluding hydrogens is 907 g/mol. The van der Waals surface area contributed by atoms with Crippen molar-refractivity contribution in [2.24, 2.45) is 0 Å². The molecule has 3 heteroatoms. The third kappa shape index (κ3) is 8.07. The Hall–Kier alpha value is -9.57. The minimum atomic E-state index is -0.582. The molecule has 3 nitrogen and oxygen atoms in total. The topological polar surface area (TPSA) is 38.7 Å². The summed E-state index contributed by atoms with van der Waals surface area (Å²) in [6.07, 6.45) is 4.33. The van der Waals surface area contributed by atoms with E-state index in [4.69, 9.17) is 15.0 Å². The molecule has 0 saturated heterocycles. The summed E-state index contributed by atoms with van der Waals surface area (Å²) in [6.45, 7) is 4.32. The zero-order chi connectivity index (χ0) is 50.3. The number of pyridine rings is 3. The molecule has 0 aliphatic rings. The Labute approximate surface area is 437 Å². The molecular formula is C72H51N3. The Kier molecular flexibility index (Phi) is 11.6. The molecule has 13 rings (SSSR count). The van der Waals surface area contributed by atoms with Gasteiger partial charge in [-0.3, -0.25) is 0 Å². The molecule has 3 aromatic heterocycles. The van der Waals surface area contributed by atoms with Crippen LogP contribution in [0.25, 0.3) is 106 Å². The Morgan fingerprint density at radius 3 is 1.59 bits per heavy atom. The summed E-state index contributed by atoms with van der Waals surface area (Å²) in [7, 11) is 0. The molecule has 0 unspecified atom stereocenters. The van der Waals surface area contributed by atoms with Gasteiger partial charge in [0, 0.05) is 38.2 Å². The molecule has 0 bridgehead atoms. The third-order valence-electron chi connectivity index (χ3n) is 15.0. The highest BCUT2D eigenvalue weighted by Gasteiger charge is 2.39. The van der Waals surface area contributed by atoms with Gasteiger partial charge in [0.2, 0.25) is 0 Å². The van der Waals surface area contributed by atoms with E-state index in [-0.39, 0.29) is 0 Å². The predicted octanol–water partition coefficient (Wildman–Crippen LogP) is 18.5. The maximum atomic E-state index is 5.44. The number of aromatic nitrogens is 3. The van der Waals surface area contributed by atoms with Gasteiger partial charge in [0.1, 0.15) is 0 Å². The number of benzene rings is 10. The minimum absolute atomic E-state index is 0.582. The van der Waals surface area contributed by atoms with Crippen molar-refractivity contribution in [1.29, 1.82) is 0 Å². The molecule has 0 spiro atoms. The number of hydrogen-bond acceptors (Lipinski definition) is 3. The van der Waals surface area contributed by atoms with E-state index in [0.29, 0.717) is 0 Å². The summed E-state index contributed by atoms with van der Waals surface area (Å²) in [4.78, 5) is 15.8. The van der Waals surface area contributed by atoms with Crippen LogP contribution in [0.15, 0.2) is 267 Å². The summed E-state index contributed by atoms with van der Waals surface area (Å²) in [5.74, 6) is 0. The summed E-state index contributed by atoms with van der Waals surface area (Å²) in [6, 6.07) is 94.1. The average Bonchev–Trinajstić information content (AvgIpc) is 3.49. The average molecular weight is 958 g/mol. The van der Waals surface area contributed by atoms with Gasteiger partial charge in [-0.1, -0.05) is 237 Å². The van der Waals surface area contributed by atoms with E-state index < -0.39 is 5.41 Å². The standard InChI is InChI=1S/C72H51N3/c1-3-18-56-45-55(37-41-61(56)49-31-33-51(34-32-49)67-44-39-53-36-35-52-38-43-66(50-20-7-4-8-21-50)73-70(52)71(53)74-67)54-22-17-23-57(46-54)69-63-42-40-60(47-64(63)62-28-14-16-30-68(62)75-69)72(58-24-9-5-10-25-58,59-26-11-6-12-27-59)65-29-15-13-19-48(65)2/h3-47H,1-2H3/b18-3-. The summed E-state index contributed by atoms with van der Waals surface area (Å²) in [5, 5.41) is 5.57. The molecule has 0 fully saturated rings.